The first-order valence-corrected chi connectivity index (χ1v) is 17.0. The summed E-state index contributed by atoms with van der Waals surface area (Å²) in [5, 5.41) is 0. The molecule has 1 aromatic heterocycles. The Kier molecular flexibility index (Phi) is 10.3. The summed E-state index contributed by atoms with van der Waals surface area (Å²) in [4.78, 5) is 35.0. The molecular weight excluding hydrogens is 639 g/mol. The summed E-state index contributed by atoms with van der Waals surface area (Å²) in [5.74, 6) is -0.565. The fraction of sp³-hybridized carbons (Fsp3) is 0. The van der Waals surface area contributed by atoms with Gasteiger partial charge in [0.05, 0.1) is 0 Å². The van der Waals surface area contributed by atoms with Gasteiger partial charge in [0.15, 0.2) is 0 Å². The van der Waals surface area contributed by atoms with Crippen molar-refractivity contribution in [3.63, 3.8) is 0 Å². The topological polar surface area (TPSA) is 53.5 Å². The van der Waals surface area contributed by atoms with Gasteiger partial charge in [0.1, 0.15) is 11.4 Å². The third kappa shape index (κ3) is 8.02. The van der Waals surface area contributed by atoms with Crippen LogP contribution >= 0.6 is 0 Å². The molecule has 0 unspecified atom stereocenters. The second-order valence-electron chi connectivity index (χ2n) is 12.0. The summed E-state index contributed by atoms with van der Waals surface area (Å²) in [6, 6.07) is 61.7. The number of pyridine rings is 1. The molecule has 5 heteroatoms. The van der Waals surface area contributed by atoms with Crippen molar-refractivity contribution in [2.24, 2.45) is 0 Å². The summed E-state index contributed by atoms with van der Waals surface area (Å²) in [6.45, 7) is 0. The number of benzene rings is 6. The van der Waals surface area contributed by atoms with Crippen LogP contribution in [0.15, 0.2) is 200 Å². The Morgan fingerprint density at radius 2 is 0.635 bits per heavy atom. The molecule has 0 saturated carbocycles. The molecule has 250 valence electrons. The van der Waals surface area contributed by atoms with E-state index in [1.54, 1.807) is 30.4 Å². The van der Waals surface area contributed by atoms with Crippen molar-refractivity contribution in [2.45, 2.75) is 0 Å². The number of anilines is 6. The number of rotatable bonds is 12. The van der Waals surface area contributed by atoms with Crippen LogP contribution in [0.4, 0.5) is 34.1 Å². The average molecular weight is 674 g/mol. The van der Waals surface area contributed by atoms with Gasteiger partial charge >= 0.3 is 0 Å². The van der Waals surface area contributed by atoms with Gasteiger partial charge in [-0.15, -0.1) is 0 Å². The Hall–Kier alpha value is -7.11. The summed E-state index contributed by atoms with van der Waals surface area (Å²) in [5.41, 5.74) is 8.35. The van der Waals surface area contributed by atoms with Gasteiger partial charge in [-0.2, -0.15) is 0 Å². The predicted octanol–water partition coefficient (Wildman–Crippen LogP) is 11.8. The molecule has 52 heavy (non-hydrogen) atoms. The highest BCUT2D eigenvalue weighted by molar-refractivity contribution is 6.08. The monoisotopic (exact) mass is 673 g/mol. The molecule has 0 atom stereocenters. The second kappa shape index (κ2) is 16.1. The van der Waals surface area contributed by atoms with Crippen LogP contribution in [0.3, 0.4) is 0 Å². The zero-order chi connectivity index (χ0) is 35.5. The van der Waals surface area contributed by atoms with Crippen molar-refractivity contribution >= 4 is 57.8 Å². The summed E-state index contributed by atoms with van der Waals surface area (Å²) >= 11 is 0. The van der Waals surface area contributed by atoms with Crippen LogP contribution in [0.5, 0.6) is 0 Å². The normalized spacial score (nSPS) is 11.1. The van der Waals surface area contributed by atoms with Gasteiger partial charge in [-0.3, -0.25) is 9.59 Å². The van der Waals surface area contributed by atoms with Crippen LogP contribution in [0.1, 0.15) is 32.1 Å². The van der Waals surface area contributed by atoms with E-state index < -0.39 is 0 Å². The molecule has 0 aliphatic rings. The SMILES string of the molecule is O=C(/C=C/c1ccc(N(c2ccccc2)c2ccccc2)cc1)c1cccc(C(=O)/C=C/c2ccc(N(c3ccccc3)c3ccccc3)cc2)n1. The van der Waals surface area contributed by atoms with Gasteiger partial charge in [0.2, 0.25) is 11.6 Å². The quantitative estimate of drug-likeness (QED) is 0.0954. The number of carbonyl (C=O) groups is 2. The van der Waals surface area contributed by atoms with Gasteiger partial charge in [-0.1, -0.05) is 115 Å². The number of para-hydroxylation sites is 4. The molecular formula is C47H35N3O2. The lowest BCUT2D eigenvalue weighted by atomic mass is 10.1. The van der Waals surface area contributed by atoms with E-state index >= 15 is 0 Å². The Morgan fingerprint density at radius 3 is 0.942 bits per heavy atom. The first-order valence-electron chi connectivity index (χ1n) is 17.0. The summed E-state index contributed by atoms with van der Waals surface area (Å²) < 4.78 is 0. The maximum absolute atomic E-state index is 13.1. The lowest BCUT2D eigenvalue weighted by Gasteiger charge is -2.25. The Bertz CT molecular complexity index is 2060. The van der Waals surface area contributed by atoms with Gasteiger partial charge in [-0.05, 0) is 108 Å². The molecule has 1 heterocycles. The minimum Gasteiger partial charge on any atom is -0.311 e. The highest BCUT2D eigenvalue weighted by atomic mass is 16.1. The van der Waals surface area contributed by atoms with Crippen molar-refractivity contribution in [1.29, 1.82) is 0 Å². The number of ketones is 2. The molecule has 5 nitrogen and oxygen atoms in total. The molecule has 0 spiro atoms. The standard InChI is InChI=1S/C47H35N3O2/c51-46(34-28-36-24-30-42(31-25-36)49(38-14-5-1-6-15-38)39-16-7-2-8-17-39)44-22-13-23-45(48-44)47(52)35-29-37-26-32-43(33-27-37)50(40-18-9-3-10-19-40)41-20-11-4-12-21-41/h1-35H/b34-28+,35-29+. The number of carbonyl (C=O) groups excluding carboxylic acids is 2. The summed E-state index contributed by atoms with van der Waals surface area (Å²) in [7, 11) is 0. The number of allylic oxidation sites excluding steroid dienone is 2. The van der Waals surface area contributed by atoms with E-state index in [2.05, 4.69) is 63.3 Å². The molecule has 6 aromatic carbocycles. The lowest BCUT2D eigenvalue weighted by Crippen LogP contribution is -2.09. The van der Waals surface area contributed by atoms with E-state index in [1.165, 1.54) is 12.2 Å². The molecule has 0 aliphatic heterocycles. The molecule has 0 fully saturated rings. The number of hydrogen-bond donors (Lipinski definition) is 0. The number of hydrogen-bond acceptors (Lipinski definition) is 5. The van der Waals surface area contributed by atoms with Crippen LogP contribution in [0.25, 0.3) is 12.2 Å². The second-order valence-corrected chi connectivity index (χ2v) is 12.0. The Labute approximate surface area is 304 Å². The maximum Gasteiger partial charge on any atom is 0.204 e. The molecule has 0 amide bonds. The van der Waals surface area contributed by atoms with Crippen LogP contribution in [0, 0.1) is 0 Å². The summed E-state index contributed by atoms with van der Waals surface area (Å²) in [6.07, 6.45) is 6.50. The molecule has 7 rings (SSSR count). The molecule has 0 radical (unpaired) electrons. The van der Waals surface area contributed by atoms with E-state index in [9.17, 15) is 9.59 Å². The zero-order valence-electron chi connectivity index (χ0n) is 28.4. The molecule has 0 saturated heterocycles. The Balaban J connectivity index is 1.02. The highest BCUT2D eigenvalue weighted by Crippen LogP contribution is 2.35. The van der Waals surface area contributed by atoms with Gasteiger partial charge in [0.25, 0.3) is 0 Å². The van der Waals surface area contributed by atoms with Crippen LogP contribution in [-0.4, -0.2) is 16.6 Å². The van der Waals surface area contributed by atoms with E-state index in [0.29, 0.717) is 0 Å². The van der Waals surface area contributed by atoms with Gasteiger partial charge < -0.3 is 9.80 Å². The fourth-order valence-corrected chi connectivity index (χ4v) is 5.90. The lowest BCUT2D eigenvalue weighted by molar-refractivity contribution is 0.104. The molecule has 7 aromatic rings. The predicted molar refractivity (Wildman–Crippen MR) is 213 cm³/mol. The van der Waals surface area contributed by atoms with E-state index in [4.69, 9.17) is 0 Å². The first-order chi connectivity index (χ1) is 25.6. The van der Waals surface area contributed by atoms with Crippen LogP contribution in [-0.2, 0) is 0 Å². The van der Waals surface area contributed by atoms with Crippen molar-refractivity contribution in [2.75, 3.05) is 9.80 Å². The van der Waals surface area contributed by atoms with Gasteiger partial charge in [0, 0.05) is 34.1 Å². The largest absolute Gasteiger partial charge is 0.311 e. The van der Waals surface area contributed by atoms with E-state index in [0.717, 1.165) is 45.3 Å². The van der Waals surface area contributed by atoms with Crippen LogP contribution in [0.2, 0.25) is 0 Å². The number of nitrogens with zero attached hydrogens (tertiary/aromatic N) is 3. The maximum atomic E-state index is 13.1. The minimum atomic E-state index is -0.283. The average Bonchev–Trinajstić information content (AvgIpc) is 3.22. The molecule has 0 N–H and O–H groups in total. The third-order valence-electron chi connectivity index (χ3n) is 8.47. The highest BCUT2D eigenvalue weighted by Gasteiger charge is 2.14. The smallest absolute Gasteiger partial charge is 0.204 e. The first kappa shape index (κ1) is 33.4. The van der Waals surface area contributed by atoms with Crippen molar-refractivity contribution in [3.8, 4) is 0 Å². The number of aromatic nitrogens is 1. The third-order valence-corrected chi connectivity index (χ3v) is 8.47. The van der Waals surface area contributed by atoms with Crippen molar-refractivity contribution in [3.05, 3.63) is 223 Å². The van der Waals surface area contributed by atoms with E-state index in [-0.39, 0.29) is 23.0 Å². The fourth-order valence-electron chi connectivity index (χ4n) is 5.90. The van der Waals surface area contributed by atoms with E-state index in [1.807, 2.05) is 121 Å². The Morgan fingerprint density at radius 1 is 0.346 bits per heavy atom. The molecule has 0 bridgehead atoms. The zero-order valence-corrected chi connectivity index (χ0v) is 28.4. The van der Waals surface area contributed by atoms with Crippen LogP contribution < -0.4 is 9.80 Å². The molecule has 0 aliphatic carbocycles. The van der Waals surface area contributed by atoms with Gasteiger partial charge in [-0.25, -0.2) is 4.98 Å². The minimum absolute atomic E-state index is 0.206. The van der Waals surface area contributed by atoms with Crippen molar-refractivity contribution < 1.29 is 9.59 Å². The van der Waals surface area contributed by atoms with Crippen molar-refractivity contribution in [1.82, 2.24) is 4.98 Å².